The summed E-state index contributed by atoms with van der Waals surface area (Å²) in [6.07, 6.45) is 3.03. The Kier molecular flexibility index (Phi) is 7.51. The quantitative estimate of drug-likeness (QED) is 0.634. The Hall–Kier alpha value is -2.23. The van der Waals surface area contributed by atoms with Gasteiger partial charge in [-0.15, -0.1) is 12.4 Å². The Balaban J connectivity index is 0.00000272. The van der Waals surface area contributed by atoms with Gasteiger partial charge in [0, 0.05) is 26.2 Å². The van der Waals surface area contributed by atoms with Crippen molar-refractivity contribution in [3.63, 3.8) is 0 Å². The molecule has 1 aromatic rings. The lowest BCUT2D eigenvalue weighted by atomic mass is 9.87. The number of urea groups is 1. The van der Waals surface area contributed by atoms with E-state index in [1.807, 2.05) is 4.90 Å². The number of benzene rings is 1. The van der Waals surface area contributed by atoms with Gasteiger partial charge in [0.2, 0.25) is 5.91 Å². The molecule has 1 atom stereocenters. The Morgan fingerprint density at radius 1 is 1.23 bits per heavy atom. The molecule has 10 heteroatoms. The normalized spacial score (nSPS) is 23.0. The number of nitrogens with one attached hydrogen (secondary N) is 2. The maximum atomic E-state index is 13.1. The highest BCUT2D eigenvalue weighted by Crippen LogP contribution is 2.30. The minimum absolute atomic E-state index is 0. The standard InChI is InChI=1S/C21H27FN4O4.ClH/c22-16-5-3-15(4-6-16)13-26-19(28)21(24-20(26)29)7-9-25(10-8-21)14-18(27)23-12-17-2-1-11-30-17;/h3-6,17H,1-2,7-14H2,(H,23,27)(H,24,29);1H. The molecule has 4 rings (SSSR count). The molecule has 3 aliphatic rings. The van der Waals surface area contributed by atoms with Crippen LogP contribution < -0.4 is 10.6 Å². The van der Waals surface area contributed by atoms with E-state index in [1.54, 1.807) is 12.1 Å². The number of hydrogen-bond donors (Lipinski definition) is 2. The fourth-order valence-electron chi connectivity index (χ4n) is 4.32. The van der Waals surface area contributed by atoms with Crippen LogP contribution >= 0.6 is 12.4 Å². The van der Waals surface area contributed by atoms with Crippen molar-refractivity contribution in [3.05, 3.63) is 35.6 Å². The molecule has 0 bridgehead atoms. The van der Waals surface area contributed by atoms with E-state index >= 15 is 0 Å². The summed E-state index contributed by atoms with van der Waals surface area (Å²) in [4.78, 5) is 40.8. The summed E-state index contributed by atoms with van der Waals surface area (Å²) in [6.45, 7) is 2.76. The lowest BCUT2D eigenvalue weighted by Crippen LogP contribution is -2.56. The first-order chi connectivity index (χ1) is 14.4. The van der Waals surface area contributed by atoms with Crippen molar-refractivity contribution in [2.24, 2.45) is 0 Å². The number of piperidine rings is 1. The first kappa shape index (κ1) is 23.4. The summed E-state index contributed by atoms with van der Waals surface area (Å²) in [7, 11) is 0. The third-order valence-electron chi connectivity index (χ3n) is 6.13. The van der Waals surface area contributed by atoms with Gasteiger partial charge in [0.15, 0.2) is 0 Å². The molecule has 3 heterocycles. The van der Waals surface area contributed by atoms with E-state index in [-0.39, 0.29) is 49.2 Å². The van der Waals surface area contributed by atoms with Crippen LogP contribution in [0.5, 0.6) is 0 Å². The number of amides is 4. The van der Waals surface area contributed by atoms with Crippen LogP contribution in [0.25, 0.3) is 0 Å². The van der Waals surface area contributed by atoms with Crippen molar-refractivity contribution in [1.29, 1.82) is 0 Å². The molecule has 0 radical (unpaired) electrons. The zero-order valence-electron chi connectivity index (χ0n) is 17.3. The number of ether oxygens (including phenoxy) is 1. The monoisotopic (exact) mass is 454 g/mol. The van der Waals surface area contributed by atoms with E-state index in [9.17, 15) is 18.8 Å². The van der Waals surface area contributed by atoms with Crippen molar-refractivity contribution < 1.29 is 23.5 Å². The number of carbonyl (C=O) groups is 3. The lowest BCUT2D eigenvalue weighted by molar-refractivity contribution is -0.133. The second-order valence-corrected chi connectivity index (χ2v) is 8.25. The van der Waals surface area contributed by atoms with Crippen LogP contribution in [-0.4, -0.2) is 72.1 Å². The van der Waals surface area contributed by atoms with Gasteiger partial charge in [-0.3, -0.25) is 19.4 Å². The Bertz CT molecular complexity index is 808. The summed E-state index contributed by atoms with van der Waals surface area (Å²) in [5, 5.41) is 5.77. The van der Waals surface area contributed by atoms with Crippen molar-refractivity contribution in [2.45, 2.75) is 43.9 Å². The molecule has 31 heavy (non-hydrogen) atoms. The van der Waals surface area contributed by atoms with Gasteiger partial charge in [0.25, 0.3) is 5.91 Å². The molecule has 0 aliphatic carbocycles. The summed E-state index contributed by atoms with van der Waals surface area (Å²) >= 11 is 0. The highest BCUT2D eigenvalue weighted by molar-refractivity contribution is 6.07. The molecule has 3 saturated heterocycles. The van der Waals surface area contributed by atoms with Crippen LogP contribution in [0.4, 0.5) is 9.18 Å². The second-order valence-electron chi connectivity index (χ2n) is 8.25. The zero-order valence-corrected chi connectivity index (χ0v) is 18.1. The van der Waals surface area contributed by atoms with E-state index in [4.69, 9.17) is 4.74 Å². The maximum Gasteiger partial charge on any atom is 0.325 e. The van der Waals surface area contributed by atoms with Crippen molar-refractivity contribution in [3.8, 4) is 0 Å². The average molecular weight is 455 g/mol. The van der Waals surface area contributed by atoms with Gasteiger partial charge >= 0.3 is 6.03 Å². The SMILES string of the molecule is Cl.O=C(CN1CCC2(CC1)NC(=O)N(Cc1ccc(F)cc1)C2=O)NCC1CCCO1. The molecule has 4 amide bonds. The first-order valence-electron chi connectivity index (χ1n) is 10.4. The maximum absolute atomic E-state index is 13.1. The summed E-state index contributed by atoms with van der Waals surface area (Å²) in [5.41, 5.74) is -0.223. The van der Waals surface area contributed by atoms with Crippen LogP contribution in [0, 0.1) is 5.82 Å². The van der Waals surface area contributed by atoms with Crippen LogP contribution in [0.15, 0.2) is 24.3 Å². The van der Waals surface area contributed by atoms with Gasteiger partial charge in [-0.25, -0.2) is 9.18 Å². The predicted molar refractivity (Wildman–Crippen MR) is 113 cm³/mol. The van der Waals surface area contributed by atoms with Gasteiger partial charge in [-0.05, 0) is 43.4 Å². The third kappa shape index (κ3) is 5.34. The molecule has 1 spiro atoms. The zero-order chi connectivity index (χ0) is 21.1. The van der Waals surface area contributed by atoms with Crippen molar-refractivity contribution in [1.82, 2.24) is 20.4 Å². The Morgan fingerprint density at radius 2 is 1.94 bits per heavy atom. The molecule has 0 aromatic heterocycles. The molecule has 3 aliphatic heterocycles. The largest absolute Gasteiger partial charge is 0.376 e. The number of halogens is 2. The van der Waals surface area contributed by atoms with Crippen LogP contribution in [0.1, 0.15) is 31.2 Å². The molecule has 3 fully saturated rings. The number of carbonyl (C=O) groups excluding carboxylic acids is 3. The summed E-state index contributed by atoms with van der Waals surface area (Å²) in [6, 6.07) is 5.34. The third-order valence-corrected chi connectivity index (χ3v) is 6.13. The van der Waals surface area contributed by atoms with Crippen LogP contribution in [0.2, 0.25) is 0 Å². The molecule has 2 N–H and O–H groups in total. The van der Waals surface area contributed by atoms with Gasteiger partial charge < -0.3 is 15.4 Å². The van der Waals surface area contributed by atoms with Crippen LogP contribution in [0.3, 0.4) is 0 Å². The molecular weight excluding hydrogens is 427 g/mol. The number of imide groups is 1. The smallest absolute Gasteiger partial charge is 0.325 e. The number of nitrogens with zero attached hydrogens (tertiary/aromatic N) is 2. The highest BCUT2D eigenvalue weighted by Gasteiger charge is 2.52. The first-order valence-corrected chi connectivity index (χ1v) is 10.4. The van der Waals surface area contributed by atoms with Gasteiger partial charge in [-0.2, -0.15) is 0 Å². The van der Waals surface area contributed by atoms with Crippen molar-refractivity contribution in [2.75, 3.05) is 32.8 Å². The molecule has 1 aromatic carbocycles. The van der Waals surface area contributed by atoms with E-state index < -0.39 is 11.6 Å². The molecule has 170 valence electrons. The van der Waals surface area contributed by atoms with E-state index in [1.165, 1.54) is 17.0 Å². The molecule has 1 unspecified atom stereocenters. The van der Waals surface area contributed by atoms with E-state index in [0.717, 1.165) is 19.4 Å². The number of rotatable bonds is 6. The lowest BCUT2D eigenvalue weighted by Gasteiger charge is -2.37. The fourth-order valence-corrected chi connectivity index (χ4v) is 4.32. The second kappa shape index (κ2) is 9.93. The Morgan fingerprint density at radius 3 is 2.58 bits per heavy atom. The van der Waals surface area contributed by atoms with Gasteiger partial charge in [-0.1, -0.05) is 12.1 Å². The number of likely N-dealkylation sites (tertiary alicyclic amines) is 1. The van der Waals surface area contributed by atoms with Crippen LogP contribution in [-0.2, 0) is 20.9 Å². The van der Waals surface area contributed by atoms with E-state index in [0.29, 0.717) is 38.0 Å². The van der Waals surface area contributed by atoms with Gasteiger partial charge in [0.05, 0.1) is 19.2 Å². The summed E-state index contributed by atoms with van der Waals surface area (Å²) in [5.74, 6) is -0.667. The highest BCUT2D eigenvalue weighted by atomic mass is 35.5. The summed E-state index contributed by atoms with van der Waals surface area (Å²) < 4.78 is 18.6. The van der Waals surface area contributed by atoms with Crippen molar-refractivity contribution >= 4 is 30.3 Å². The Labute approximate surface area is 186 Å². The average Bonchev–Trinajstić information content (AvgIpc) is 3.33. The minimum Gasteiger partial charge on any atom is -0.376 e. The fraction of sp³-hybridized carbons (Fsp3) is 0.571. The predicted octanol–water partition coefficient (Wildman–Crippen LogP) is 1.43. The minimum atomic E-state index is -0.915. The molecule has 0 saturated carbocycles. The van der Waals surface area contributed by atoms with Gasteiger partial charge in [0.1, 0.15) is 11.4 Å². The topological polar surface area (TPSA) is 91.0 Å². The number of hydrogen-bond acceptors (Lipinski definition) is 5. The molecule has 8 nitrogen and oxygen atoms in total. The molecular formula is C21H28ClFN4O4. The van der Waals surface area contributed by atoms with E-state index in [2.05, 4.69) is 10.6 Å².